The Morgan fingerprint density at radius 3 is 2.61 bits per heavy atom. The molecule has 0 fully saturated rings. The Kier molecular flexibility index (Phi) is 5.34. The van der Waals surface area contributed by atoms with Gasteiger partial charge >= 0.3 is 0 Å². The minimum atomic E-state index is -0.638. The number of halogens is 1. The molecule has 1 rings (SSSR count). The number of primary amides is 1. The molecule has 0 aromatic heterocycles. The first kappa shape index (κ1) is 14.7. The number of carbonyl (C=O) groups excluding carboxylic acids is 2. The number of nitrogens with two attached hydrogens (primary N) is 1. The van der Waals surface area contributed by atoms with Crippen LogP contribution < -0.4 is 11.1 Å². The first-order valence-electron chi connectivity index (χ1n) is 5.81. The van der Waals surface area contributed by atoms with E-state index in [0.717, 1.165) is 10.9 Å². The average Bonchev–Trinajstić information content (AvgIpc) is 2.34. The maximum Gasteiger partial charge on any atom is 0.251 e. The molecule has 1 aromatic carbocycles. The summed E-state index contributed by atoms with van der Waals surface area (Å²) >= 11 is 3.30. The molecular formula is C13H17BrN2O2. The monoisotopic (exact) mass is 312 g/mol. The van der Waals surface area contributed by atoms with Crippen molar-refractivity contribution in [2.75, 3.05) is 0 Å². The van der Waals surface area contributed by atoms with Crippen molar-refractivity contribution in [3.63, 3.8) is 0 Å². The standard InChI is InChI=1S/C13H17BrN2O2/c1-3-8(2)11(12(15)17)16-13(18)9-5-4-6-10(14)7-9/h4-8,11H,3H2,1-2H3,(H2,15,17)(H,16,18). The molecule has 0 aliphatic heterocycles. The molecule has 0 aliphatic carbocycles. The van der Waals surface area contributed by atoms with Crippen LogP contribution in [0.3, 0.4) is 0 Å². The Balaban J connectivity index is 2.82. The van der Waals surface area contributed by atoms with Gasteiger partial charge in [-0.1, -0.05) is 42.3 Å². The van der Waals surface area contributed by atoms with Gasteiger partial charge in [-0.2, -0.15) is 0 Å². The zero-order valence-electron chi connectivity index (χ0n) is 10.4. The fourth-order valence-electron chi connectivity index (χ4n) is 1.58. The van der Waals surface area contributed by atoms with Crippen LogP contribution in [0.1, 0.15) is 30.6 Å². The van der Waals surface area contributed by atoms with E-state index in [0.29, 0.717) is 5.56 Å². The predicted molar refractivity (Wildman–Crippen MR) is 74.0 cm³/mol. The van der Waals surface area contributed by atoms with E-state index in [2.05, 4.69) is 21.2 Å². The third kappa shape index (κ3) is 3.84. The summed E-state index contributed by atoms with van der Waals surface area (Å²) < 4.78 is 0.814. The minimum absolute atomic E-state index is 0.0126. The topological polar surface area (TPSA) is 72.2 Å². The molecule has 0 aliphatic rings. The van der Waals surface area contributed by atoms with Gasteiger partial charge in [-0.25, -0.2) is 0 Å². The Bertz CT molecular complexity index is 448. The molecule has 2 atom stereocenters. The van der Waals surface area contributed by atoms with Crippen molar-refractivity contribution in [3.05, 3.63) is 34.3 Å². The van der Waals surface area contributed by atoms with Crippen LogP contribution in [-0.2, 0) is 4.79 Å². The van der Waals surface area contributed by atoms with E-state index < -0.39 is 11.9 Å². The van der Waals surface area contributed by atoms with Crippen molar-refractivity contribution in [2.45, 2.75) is 26.3 Å². The number of nitrogens with one attached hydrogen (secondary N) is 1. The van der Waals surface area contributed by atoms with Crippen molar-refractivity contribution < 1.29 is 9.59 Å². The van der Waals surface area contributed by atoms with Crippen molar-refractivity contribution >= 4 is 27.7 Å². The van der Waals surface area contributed by atoms with Gasteiger partial charge in [0.05, 0.1) is 0 Å². The van der Waals surface area contributed by atoms with E-state index in [1.807, 2.05) is 19.9 Å². The first-order chi connectivity index (χ1) is 8.45. The second kappa shape index (κ2) is 6.54. The molecule has 0 radical (unpaired) electrons. The number of hydrogen-bond acceptors (Lipinski definition) is 2. The molecule has 2 unspecified atom stereocenters. The number of benzene rings is 1. The zero-order valence-corrected chi connectivity index (χ0v) is 12.0. The van der Waals surface area contributed by atoms with Gasteiger partial charge in [-0.15, -0.1) is 0 Å². The highest BCUT2D eigenvalue weighted by Gasteiger charge is 2.23. The van der Waals surface area contributed by atoms with Gasteiger partial charge in [-0.3, -0.25) is 9.59 Å². The molecule has 0 heterocycles. The molecule has 0 saturated heterocycles. The summed E-state index contributed by atoms with van der Waals surface area (Å²) in [5, 5.41) is 2.68. The van der Waals surface area contributed by atoms with Crippen LogP contribution in [-0.4, -0.2) is 17.9 Å². The largest absolute Gasteiger partial charge is 0.368 e. The van der Waals surface area contributed by atoms with E-state index in [1.54, 1.807) is 18.2 Å². The predicted octanol–water partition coefficient (Wildman–Crippen LogP) is 2.08. The van der Waals surface area contributed by atoms with Crippen LogP contribution in [0.2, 0.25) is 0 Å². The van der Waals surface area contributed by atoms with Crippen molar-refractivity contribution in [2.24, 2.45) is 11.7 Å². The lowest BCUT2D eigenvalue weighted by atomic mass is 9.98. The molecule has 0 saturated carbocycles. The minimum Gasteiger partial charge on any atom is -0.368 e. The van der Waals surface area contributed by atoms with Gasteiger partial charge < -0.3 is 11.1 Å². The lowest BCUT2D eigenvalue weighted by Crippen LogP contribution is -2.48. The van der Waals surface area contributed by atoms with Gasteiger partial charge in [0.1, 0.15) is 6.04 Å². The number of amides is 2. The molecule has 5 heteroatoms. The summed E-state index contributed by atoms with van der Waals surface area (Å²) in [7, 11) is 0. The van der Waals surface area contributed by atoms with Gasteiger partial charge in [-0.05, 0) is 24.1 Å². The Hall–Kier alpha value is -1.36. The van der Waals surface area contributed by atoms with E-state index in [4.69, 9.17) is 5.73 Å². The second-order valence-electron chi connectivity index (χ2n) is 4.25. The molecule has 0 bridgehead atoms. The van der Waals surface area contributed by atoms with Crippen LogP contribution in [0.15, 0.2) is 28.7 Å². The Morgan fingerprint density at radius 2 is 2.11 bits per heavy atom. The highest BCUT2D eigenvalue weighted by molar-refractivity contribution is 9.10. The molecular weight excluding hydrogens is 296 g/mol. The first-order valence-corrected chi connectivity index (χ1v) is 6.60. The lowest BCUT2D eigenvalue weighted by molar-refractivity contribution is -0.120. The lowest BCUT2D eigenvalue weighted by Gasteiger charge is -2.21. The zero-order chi connectivity index (χ0) is 13.7. The smallest absolute Gasteiger partial charge is 0.251 e. The summed E-state index contributed by atoms with van der Waals surface area (Å²) in [6.45, 7) is 3.84. The Morgan fingerprint density at radius 1 is 1.44 bits per heavy atom. The molecule has 98 valence electrons. The molecule has 4 nitrogen and oxygen atoms in total. The van der Waals surface area contributed by atoms with E-state index in [9.17, 15) is 9.59 Å². The van der Waals surface area contributed by atoms with Crippen LogP contribution >= 0.6 is 15.9 Å². The summed E-state index contributed by atoms with van der Waals surface area (Å²) in [5.41, 5.74) is 5.81. The SMILES string of the molecule is CCC(C)C(NC(=O)c1cccc(Br)c1)C(N)=O. The average molecular weight is 313 g/mol. The molecule has 1 aromatic rings. The molecule has 0 spiro atoms. The van der Waals surface area contributed by atoms with Gasteiger partial charge in [0.2, 0.25) is 5.91 Å². The fourth-order valence-corrected chi connectivity index (χ4v) is 1.98. The van der Waals surface area contributed by atoms with Crippen molar-refractivity contribution in [3.8, 4) is 0 Å². The van der Waals surface area contributed by atoms with Gasteiger partial charge in [0, 0.05) is 10.0 Å². The summed E-state index contributed by atoms with van der Waals surface area (Å²) in [5.74, 6) is -0.785. The summed E-state index contributed by atoms with van der Waals surface area (Å²) in [6, 6.07) is 6.35. The van der Waals surface area contributed by atoms with Crippen LogP contribution in [0, 0.1) is 5.92 Å². The van der Waals surface area contributed by atoms with E-state index in [1.165, 1.54) is 0 Å². The van der Waals surface area contributed by atoms with E-state index >= 15 is 0 Å². The summed E-state index contributed by atoms with van der Waals surface area (Å²) in [6.07, 6.45) is 0.770. The number of hydrogen-bond donors (Lipinski definition) is 2. The highest BCUT2D eigenvalue weighted by atomic mass is 79.9. The second-order valence-corrected chi connectivity index (χ2v) is 5.17. The van der Waals surface area contributed by atoms with Crippen molar-refractivity contribution in [1.82, 2.24) is 5.32 Å². The molecule has 3 N–H and O–H groups in total. The van der Waals surface area contributed by atoms with Crippen LogP contribution in [0.5, 0.6) is 0 Å². The van der Waals surface area contributed by atoms with Gasteiger partial charge in [0.25, 0.3) is 5.91 Å². The number of rotatable bonds is 5. The third-order valence-electron chi connectivity index (χ3n) is 2.89. The summed E-state index contributed by atoms with van der Waals surface area (Å²) in [4.78, 5) is 23.3. The molecule has 18 heavy (non-hydrogen) atoms. The maximum absolute atomic E-state index is 12.0. The fraction of sp³-hybridized carbons (Fsp3) is 0.385. The van der Waals surface area contributed by atoms with Crippen LogP contribution in [0.25, 0.3) is 0 Å². The van der Waals surface area contributed by atoms with Gasteiger partial charge in [0.15, 0.2) is 0 Å². The van der Waals surface area contributed by atoms with E-state index in [-0.39, 0.29) is 11.8 Å². The third-order valence-corrected chi connectivity index (χ3v) is 3.39. The quantitative estimate of drug-likeness (QED) is 0.873. The van der Waals surface area contributed by atoms with Crippen LogP contribution in [0.4, 0.5) is 0 Å². The highest BCUT2D eigenvalue weighted by Crippen LogP contribution is 2.13. The molecule has 2 amide bonds. The number of carbonyl (C=O) groups is 2. The van der Waals surface area contributed by atoms with Crippen molar-refractivity contribution in [1.29, 1.82) is 0 Å². The Labute approximate surface area is 115 Å². The maximum atomic E-state index is 12.0. The normalized spacial score (nSPS) is 13.7.